The summed E-state index contributed by atoms with van der Waals surface area (Å²) >= 11 is 0. The summed E-state index contributed by atoms with van der Waals surface area (Å²) in [7, 11) is 0. The molecule has 0 saturated carbocycles. The monoisotopic (exact) mass is 398 g/mol. The summed E-state index contributed by atoms with van der Waals surface area (Å²) in [5.41, 5.74) is 0. The predicted molar refractivity (Wildman–Crippen MR) is 117 cm³/mol. The summed E-state index contributed by atoms with van der Waals surface area (Å²) < 4.78 is 5.44. The second-order valence-electron chi connectivity index (χ2n) is 8.20. The Labute approximate surface area is 173 Å². The van der Waals surface area contributed by atoms with Gasteiger partial charge in [0, 0.05) is 6.42 Å². The average molecular weight is 399 g/mol. The third-order valence-electron chi connectivity index (χ3n) is 5.31. The van der Waals surface area contributed by atoms with Crippen LogP contribution in [0, 0.1) is 0 Å². The van der Waals surface area contributed by atoms with Crippen LogP contribution in [-0.4, -0.2) is 23.1 Å². The third-order valence-corrected chi connectivity index (χ3v) is 5.31. The number of carboxylic acids is 1. The Morgan fingerprint density at radius 1 is 0.679 bits per heavy atom. The van der Waals surface area contributed by atoms with E-state index in [9.17, 15) is 9.59 Å². The molecule has 0 aliphatic rings. The number of ether oxygens (including phenoxy) is 1. The minimum atomic E-state index is -0.888. The number of hydrogen-bond donors (Lipinski definition) is 1. The maximum atomic E-state index is 12.0. The third kappa shape index (κ3) is 19.7. The molecule has 0 aliphatic carbocycles. The summed E-state index contributed by atoms with van der Waals surface area (Å²) in [6, 6.07) is 0. The Morgan fingerprint density at radius 3 is 1.57 bits per heavy atom. The van der Waals surface area contributed by atoms with Crippen molar-refractivity contribution in [3.05, 3.63) is 0 Å². The number of aliphatic carboxylic acids is 1. The highest BCUT2D eigenvalue weighted by atomic mass is 16.5. The molecule has 0 saturated heterocycles. The number of unbranched alkanes of at least 4 members (excludes halogenated alkanes) is 14. The van der Waals surface area contributed by atoms with Crippen molar-refractivity contribution in [1.82, 2.24) is 0 Å². The molecule has 0 heterocycles. The number of esters is 1. The van der Waals surface area contributed by atoms with Crippen LogP contribution in [0.3, 0.4) is 0 Å². The van der Waals surface area contributed by atoms with E-state index < -0.39 is 12.1 Å². The number of carboxylic acid groups (broad SMARTS) is 1. The lowest BCUT2D eigenvalue weighted by molar-refractivity contribution is -0.153. The van der Waals surface area contributed by atoms with Gasteiger partial charge in [-0.1, -0.05) is 104 Å². The number of rotatable bonds is 21. The van der Waals surface area contributed by atoms with Crippen LogP contribution in [0.2, 0.25) is 0 Å². The number of carbonyl (C=O) groups excluding carboxylic acids is 1. The molecule has 0 amide bonds. The summed E-state index contributed by atoms with van der Waals surface area (Å²) in [6.45, 7) is 4.42. The van der Waals surface area contributed by atoms with E-state index in [-0.39, 0.29) is 12.4 Å². The Kier molecular flexibility index (Phi) is 19.9. The molecule has 28 heavy (non-hydrogen) atoms. The van der Waals surface area contributed by atoms with Crippen molar-refractivity contribution in [2.24, 2.45) is 0 Å². The smallest absolute Gasteiger partial charge is 0.307 e. The van der Waals surface area contributed by atoms with Gasteiger partial charge in [-0.25, -0.2) is 0 Å². The van der Waals surface area contributed by atoms with Gasteiger partial charge in [-0.2, -0.15) is 0 Å². The molecule has 0 spiro atoms. The zero-order chi connectivity index (χ0) is 20.9. The van der Waals surface area contributed by atoms with Crippen molar-refractivity contribution in [3.8, 4) is 0 Å². The minimum Gasteiger partial charge on any atom is -0.481 e. The van der Waals surface area contributed by atoms with E-state index in [1.54, 1.807) is 0 Å². The van der Waals surface area contributed by atoms with Gasteiger partial charge in [0.1, 0.15) is 6.10 Å². The molecule has 0 aromatic carbocycles. The topological polar surface area (TPSA) is 63.6 Å². The van der Waals surface area contributed by atoms with Crippen LogP contribution >= 0.6 is 0 Å². The Hall–Kier alpha value is -1.06. The van der Waals surface area contributed by atoms with Crippen molar-refractivity contribution in [3.63, 3.8) is 0 Å². The van der Waals surface area contributed by atoms with Gasteiger partial charge in [-0.3, -0.25) is 9.59 Å². The van der Waals surface area contributed by atoms with Gasteiger partial charge in [0.05, 0.1) is 6.42 Å². The molecule has 1 atom stereocenters. The highest BCUT2D eigenvalue weighted by molar-refractivity contribution is 5.71. The molecule has 4 nitrogen and oxygen atoms in total. The van der Waals surface area contributed by atoms with E-state index in [4.69, 9.17) is 9.84 Å². The van der Waals surface area contributed by atoms with E-state index in [0.29, 0.717) is 12.8 Å². The van der Waals surface area contributed by atoms with Gasteiger partial charge in [0.2, 0.25) is 0 Å². The fourth-order valence-electron chi connectivity index (χ4n) is 3.55. The first-order valence-electron chi connectivity index (χ1n) is 12.0. The quantitative estimate of drug-likeness (QED) is 0.161. The lowest BCUT2D eigenvalue weighted by Crippen LogP contribution is -2.21. The zero-order valence-electron chi connectivity index (χ0n) is 18.7. The van der Waals surface area contributed by atoms with Crippen molar-refractivity contribution in [2.75, 3.05) is 0 Å². The first-order chi connectivity index (χ1) is 13.6. The maximum Gasteiger partial charge on any atom is 0.307 e. The van der Waals surface area contributed by atoms with E-state index in [2.05, 4.69) is 13.8 Å². The highest BCUT2D eigenvalue weighted by Gasteiger charge is 2.17. The number of hydrogen-bond acceptors (Lipinski definition) is 3. The van der Waals surface area contributed by atoms with Crippen molar-refractivity contribution in [2.45, 2.75) is 142 Å². The van der Waals surface area contributed by atoms with Crippen molar-refractivity contribution >= 4 is 11.9 Å². The van der Waals surface area contributed by atoms with E-state index in [1.807, 2.05) is 0 Å². The molecule has 166 valence electrons. The van der Waals surface area contributed by atoms with Gasteiger partial charge in [0.25, 0.3) is 0 Å². The molecule has 0 aliphatic heterocycles. The second-order valence-corrected chi connectivity index (χ2v) is 8.20. The molecule has 0 bridgehead atoms. The van der Waals surface area contributed by atoms with Crippen molar-refractivity contribution < 1.29 is 19.4 Å². The first-order valence-corrected chi connectivity index (χ1v) is 12.0. The first kappa shape index (κ1) is 26.9. The molecule has 0 radical (unpaired) electrons. The van der Waals surface area contributed by atoms with Gasteiger partial charge in [-0.05, 0) is 19.3 Å². The van der Waals surface area contributed by atoms with E-state index in [0.717, 1.165) is 25.7 Å². The fraction of sp³-hybridized carbons (Fsp3) is 0.917. The number of carbonyl (C=O) groups is 2. The average Bonchev–Trinajstić information content (AvgIpc) is 2.65. The Bertz CT molecular complexity index is 368. The van der Waals surface area contributed by atoms with Crippen LogP contribution in [0.5, 0.6) is 0 Å². The van der Waals surface area contributed by atoms with Crippen molar-refractivity contribution in [1.29, 1.82) is 0 Å². The second kappa shape index (κ2) is 20.7. The SMILES string of the molecule is CCCCCCCCCCCCCC(=O)O[C@H](CCCCCCC)CC(=O)O. The molecule has 1 N–H and O–H groups in total. The van der Waals surface area contributed by atoms with Crippen LogP contribution in [0.4, 0.5) is 0 Å². The molecule has 0 fully saturated rings. The van der Waals surface area contributed by atoms with Crippen LogP contribution in [0.15, 0.2) is 0 Å². The molecule has 0 aromatic heterocycles. The molecule has 4 heteroatoms. The largest absolute Gasteiger partial charge is 0.481 e. The molecule has 0 aromatic rings. The van der Waals surface area contributed by atoms with Crippen LogP contribution in [0.1, 0.15) is 136 Å². The lowest BCUT2D eigenvalue weighted by Gasteiger charge is -2.16. The zero-order valence-corrected chi connectivity index (χ0v) is 18.7. The minimum absolute atomic E-state index is 0.0717. The van der Waals surface area contributed by atoms with E-state index in [1.165, 1.54) is 77.0 Å². The normalized spacial score (nSPS) is 12.1. The molecular formula is C24H46O4. The molecular weight excluding hydrogens is 352 g/mol. The van der Waals surface area contributed by atoms with Crippen LogP contribution in [0.25, 0.3) is 0 Å². The van der Waals surface area contributed by atoms with Gasteiger partial charge >= 0.3 is 11.9 Å². The van der Waals surface area contributed by atoms with Gasteiger partial charge < -0.3 is 9.84 Å². The van der Waals surface area contributed by atoms with Gasteiger partial charge in [0.15, 0.2) is 0 Å². The highest BCUT2D eigenvalue weighted by Crippen LogP contribution is 2.15. The molecule has 0 unspecified atom stereocenters. The standard InChI is InChI=1S/C24H46O4/c1-3-5-7-9-10-11-12-13-14-16-18-20-24(27)28-22(21-23(25)26)19-17-15-8-6-4-2/h22H,3-21H2,1-2H3,(H,25,26)/t22-/m1/s1. The Balaban J connectivity index is 3.68. The fourth-order valence-corrected chi connectivity index (χ4v) is 3.55. The Morgan fingerprint density at radius 2 is 1.11 bits per heavy atom. The van der Waals surface area contributed by atoms with E-state index >= 15 is 0 Å². The summed E-state index contributed by atoms with van der Waals surface area (Å²) in [5.74, 6) is -1.11. The maximum absolute atomic E-state index is 12.0. The summed E-state index contributed by atoms with van der Waals surface area (Å²) in [4.78, 5) is 23.0. The van der Waals surface area contributed by atoms with Gasteiger partial charge in [-0.15, -0.1) is 0 Å². The predicted octanol–water partition coefficient (Wildman–Crippen LogP) is 7.43. The lowest BCUT2D eigenvalue weighted by atomic mass is 10.0. The summed E-state index contributed by atoms with van der Waals surface area (Å²) in [5, 5.41) is 9.02. The summed E-state index contributed by atoms with van der Waals surface area (Å²) in [6.07, 6.45) is 19.9. The van der Waals surface area contributed by atoms with Crippen LogP contribution in [-0.2, 0) is 14.3 Å². The van der Waals surface area contributed by atoms with Crippen LogP contribution < -0.4 is 0 Å². The molecule has 0 rings (SSSR count).